The fourth-order valence-electron chi connectivity index (χ4n) is 2.76. The molecule has 0 aliphatic carbocycles. The van der Waals surface area contributed by atoms with Gasteiger partial charge in [-0.15, -0.1) is 0 Å². The van der Waals surface area contributed by atoms with Crippen LogP contribution in [0.5, 0.6) is 0 Å². The van der Waals surface area contributed by atoms with E-state index >= 15 is 0 Å². The zero-order chi connectivity index (χ0) is 18.5. The van der Waals surface area contributed by atoms with E-state index in [0.29, 0.717) is 11.5 Å². The van der Waals surface area contributed by atoms with E-state index in [9.17, 15) is 9.59 Å². The van der Waals surface area contributed by atoms with Gasteiger partial charge in [0.2, 0.25) is 0 Å². The lowest BCUT2D eigenvalue weighted by Gasteiger charge is -2.13. The molecule has 3 rings (SSSR count). The highest BCUT2D eigenvalue weighted by molar-refractivity contribution is 5.44. The van der Waals surface area contributed by atoms with E-state index < -0.39 is 11.4 Å². The highest BCUT2D eigenvalue weighted by atomic mass is 16.2. The van der Waals surface area contributed by atoms with Crippen molar-refractivity contribution in [2.24, 2.45) is 7.05 Å². The molecule has 3 aromatic rings. The van der Waals surface area contributed by atoms with Crippen LogP contribution in [-0.4, -0.2) is 24.1 Å². The molecule has 2 heterocycles. The molecule has 0 unspecified atom stereocenters. The number of aromatic nitrogens is 5. The van der Waals surface area contributed by atoms with Crippen molar-refractivity contribution in [3.8, 4) is 11.5 Å². The second-order valence-corrected chi connectivity index (χ2v) is 7.35. The van der Waals surface area contributed by atoms with Crippen LogP contribution < -0.4 is 11.4 Å². The van der Waals surface area contributed by atoms with Crippen molar-refractivity contribution < 1.29 is 0 Å². The third kappa shape index (κ3) is 2.75. The van der Waals surface area contributed by atoms with Gasteiger partial charge in [0.25, 0.3) is 0 Å². The summed E-state index contributed by atoms with van der Waals surface area (Å²) in [6, 6.07) is 7.43. The predicted molar refractivity (Wildman–Crippen MR) is 96.9 cm³/mol. The minimum absolute atomic E-state index is 0.178. The maximum Gasteiger partial charge on any atom is 0.357 e. The molecule has 132 valence electrons. The summed E-state index contributed by atoms with van der Waals surface area (Å²) in [5, 5.41) is 7.09. The lowest BCUT2D eigenvalue weighted by atomic mass is 9.92. The van der Waals surface area contributed by atoms with Gasteiger partial charge in [0, 0.05) is 18.5 Å². The SMILES string of the molecule is Cc1cccc(-n2[nH]c(=O)n(-c3cc(C(C)(C)C)nn3C)c2=O)c1C. The van der Waals surface area contributed by atoms with Crippen molar-refractivity contribution in [2.45, 2.75) is 40.0 Å². The van der Waals surface area contributed by atoms with Gasteiger partial charge < -0.3 is 0 Å². The van der Waals surface area contributed by atoms with Crippen LogP contribution in [0.4, 0.5) is 0 Å². The summed E-state index contributed by atoms with van der Waals surface area (Å²) < 4.78 is 3.96. The number of aryl methyl sites for hydroxylation is 2. The summed E-state index contributed by atoms with van der Waals surface area (Å²) in [6.45, 7) is 10.00. The first-order valence-corrected chi connectivity index (χ1v) is 8.17. The lowest BCUT2D eigenvalue weighted by Crippen LogP contribution is -2.28. The summed E-state index contributed by atoms with van der Waals surface area (Å²) in [7, 11) is 1.73. The van der Waals surface area contributed by atoms with Crippen LogP contribution >= 0.6 is 0 Å². The first-order chi connectivity index (χ1) is 11.6. The number of benzene rings is 1. The van der Waals surface area contributed by atoms with E-state index in [1.54, 1.807) is 17.8 Å². The molecule has 1 N–H and O–H groups in total. The fourth-order valence-corrected chi connectivity index (χ4v) is 2.76. The van der Waals surface area contributed by atoms with Gasteiger partial charge in [0.1, 0.15) is 5.82 Å². The van der Waals surface area contributed by atoms with Crippen molar-refractivity contribution in [1.82, 2.24) is 24.1 Å². The Morgan fingerprint density at radius 1 is 1.12 bits per heavy atom. The second-order valence-electron chi connectivity index (χ2n) is 7.35. The van der Waals surface area contributed by atoms with Crippen molar-refractivity contribution in [3.05, 3.63) is 62.1 Å². The second kappa shape index (κ2) is 5.61. The van der Waals surface area contributed by atoms with E-state index in [1.807, 2.05) is 52.8 Å². The lowest BCUT2D eigenvalue weighted by molar-refractivity contribution is 0.552. The zero-order valence-corrected chi connectivity index (χ0v) is 15.4. The van der Waals surface area contributed by atoms with Gasteiger partial charge in [-0.05, 0) is 31.0 Å². The van der Waals surface area contributed by atoms with Gasteiger partial charge in [-0.2, -0.15) is 9.67 Å². The van der Waals surface area contributed by atoms with Gasteiger partial charge in [0.15, 0.2) is 0 Å². The molecule has 0 aliphatic heterocycles. The smallest absolute Gasteiger partial charge is 0.252 e. The molecule has 25 heavy (non-hydrogen) atoms. The number of nitrogens with one attached hydrogen (secondary N) is 1. The van der Waals surface area contributed by atoms with Gasteiger partial charge in [-0.3, -0.25) is 4.68 Å². The maximum absolute atomic E-state index is 12.9. The molecular weight excluding hydrogens is 318 g/mol. The number of rotatable bonds is 2. The largest absolute Gasteiger partial charge is 0.357 e. The van der Waals surface area contributed by atoms with Gasteiger partial charge >= 0.3 is 11.4 Å². The number of aromatic amines is 1. The molecule has 0 aliphatic rings. The Hall–Kier alpha value is -2.83. The van der Waals surface area contributed by atoms with E-state index in [0.717, 1.165) is 21.4 Å². The highest BCUT2D eigenvalue weighted by Gasteiger charge is 2.22. The predicted octanol–water partition coefficient (Wildman–Crippen LogP) is 1.96. The molecule has 1 aromatic carbocycles. The average molecular weight is 341 g/mol. The maximum atomic E-state index is 12.9. The third-order valence-electron chi connectivity index (χ3n) is 4.46. The summed E-state index contributed by atoms with van der Waals surface area (Å²) in [6.07, 6.45) is 0. The summed E-state index contributed by atoms with van der Waals surface area (Å²) >= 11 is 0. The summed E-state index contributed by atoms with van der Waals surface area (Å²) in [5.41, 5.74) is 2.36. The molecule has 7 heteroatoms. The number of hydrogen-bond acceptors (Lipinski definition) is 3. The Labute approximate surface area is 145 Å². The topological polar surface area (TPSA) is 77.6 Å². The molecule has 0 saturated heterocycles. The van der Waals surface area contributed by atoms with E-state index in [4.69, 9.17) is 0 Å². The quantitative estimate of drug-likeness (QED) is 0.774. The molecule has 0 atom stereocenters. The average Bonchev–Trinajstić information content (AvgIpc) is 3.02. The van der Waals surface area contributed by atoms with Crippen LogP contribution in [0.15, 0.2) is 33.9 Å². The summed E-state index contributed by atoms with van der Waals surface area (Å²) in [5.74, 6) is 0.445. The van der Waals surface area contributed by atoms with Crippen molar-refractivity contribution in [2.75, 3.05) is 0 Å². The Balaban J connectivity index is 2.23. The number of H-pyrrole nitrogens is 1. The van der Waals surface area contributed by atoms with Gasteiger partial charge in [-0.25, -0.2) is 19.4 Å². The van der Waals surface area contributed by atoms with E-state index in [1.165, 1.54) is 4.68 Å². The number of nitrogens with zero attached hydrogens (tertiary/aromatic N) is 4. The van der Waals surface area contributed by atoms with Gasteiger partial charge in [0.05, 0.1) is 11.4 Å². The molecule has 0 fully saturated rings. The Morgan fingerprint density at radius 2 is 1.80 bits per heavy atom. The Kier molecular flexibility index (Phi) is 3.82. The molecule has 0 spiro atoms. The van der Waals surface area contributed by atoms with Gasteiger partial charge in [-0.1, -0.05) is 32.9 Å². The van der Waals surface area contributed by atoms with Crippen molar-refractivity contribution in [1.29, 1.82) is 0 Å². The molecular formula is C18H23N5O2. The first-order valence-electron chi connectivity index (χ1n) is 8.17. The first kappa shape index (κ1) is 17.0. The molecule has 2 aromatic heterocycles. The standard InChI is InChI=1S/C18H23N5O2/c1-11-8-7-9-13(12(11)2)23-17(25)22(16(24)20-23)15-10-14(18(3,4)5)19-21(15)6/h7-10H,1-6H3,(H,20,24). The monoisotopic (exact) mass is 341 g/mol. The minimum Gasteiger partial charge on any atom is -0.252 e. The fraction of sp³-hybridized carbons (Fsp3) is 0.389. The molecule has 0 amide bonds. The van der Waals surface area contributed by atoms with Crippen molar-refractivity contribution >= 4 is 0 Å². The molecule has 0 bridgehead atoms. The van der Waals surface area contributed by atoms with Crippen LogP contribution in [0.1, 0.15) is 37.6 Å². The molecule has 7 nitrogen and oxygen atoms in total. The number of hydrogen-bond donors (Lipinski definition) is 1. The van der Waals surface area contributed by atoms with Crippen molar-refractivity contribution in [3.63, 3.8) is 0 Å². The van der Waals surface area contributed by atoms with Crippen LogP contribution in [0.25, 0.3) is 11.5 Å². The third-order valence-corrected chi connectivity index (χ3v) is 4.46. The molecule has 0 saturated carbocycles. The van der Waals surface area contributed by atoms with Crippen LogP contribution in [0, 0.1) is 13.8 Å². The van der Waals surface area contributed by atoms with E-state index in [-0.39, 0.29) is 5.41 Å². The summed E-state index contributed by atoms with van der Waals surface area (Å²) in [4.78, 5) is 25.4. The normalized spacial score (nSPS) is 11.9. The van der Waals surface area contributed by atoms with E-state index in [2.05, 4.69) is 10.2 Å². The Morgan fingerprint density at radius 3 is 2.40 bits per heavy atom. The van der Waals surface area contributed by atoms with Crippen LogP contribution in [0.3, 0.4) is 0 Å². The van der Waals surface area contributed by atoms with Crippen LogP contribution in [-0.2, 0) is 12.5 Å². The zero-order valence-electron chi connectivity index (χ0n) is 15.4. The molecule has 0 radical (unpaired) electrons. The van der Waals surface area contributed by atoms with Crippen LogP contribution in [0.2, 0.25) is 0 Å². The Bertz CT molecular complexity index is 1060. The minimum atomic E-state index is -0.491. The highest BCUT2D eigenvalue weighted by Crippen LogP contribution is 2.22.